The lowest BCUT2D eigenvalue weighted by Crippen LogP contribution is -2.59. The molecule has 0 saturated heterocycles. The highest BCUT2D eigenvalue weighted by Crippen LogP contribution is 2.62. The van der Waals surface area contributed by atoms with Crippen LogP contribution in [0.3, 0.4) is 0 Å². The van der Waals surface area contributed by atoms with Gasteiger partial charge in [-0.15, -0.1) is 0 Å². The normalized spacial score (nSPS) is 41.6. The van der Waals surface area contributed by atoms with E-state index in [2.05, 4.69) is 6.92 Å². The van der Waals surface area contributed by atoms with E-state index in [0.29, 0.717) is 12.8 Å². The summed E-state index contributed by atoms with van der Waals surface area (Å²) in [6, 6.07) is 0. The van der Waals surface area contributed by atoms with Crippen LogP contribution in [0.4, 0.5) is 0 Å². The third-order valence-electron chi connectivity index (χ3n) is 7.72. The lowest BCUT2D eigenvalue weighted by Gasteiger charge is -2.60. The number of carbonyl (C=O) groups is 1. The lowest BCUT2D eigenvalue weighted by atomic mass is 9.45. The Balaban J connectivity index is 2.35. The zero-order valence-corrected chi connectivity index (χ0v) is 17.1. The van der Waals surface area contributed by atoms with E-state index in [9.17, 15) is 20.1 Å². The zero-order valence-electron chi connectivity index (χ0n) is 17.1. The van der Waals surface area contributed by atoms with Crippen LogP contribution in [0, 0.1) is 34.5 Å². The predicted molar refractivity (Wildman–Crippen MR) is 100 cm³/mol. The molecular weight excluding hydrogens is 332 g/mol. The summed E-state index contributed by atoms with van der Waals surface area (Å²) in [6.45, 7) is 8.15. The molecule has 0 radical (unpaired) electrons. The van der Waals surface area contributed by atoms with Crippen molar-refractivity contribution in [2.75, 3.05) is 13.7 Å². The van der Waals surface area contributed by atoms with E-state index in [1.807, 2.05) is 20.8 Å². The molecule has 0 spiro atoms. The van der Waals surface area contributed by atoms with Gasteiger partial charge in [-0.3, -0.25) is 4.79 Å². The molecule has 0 heterocycles. The van der Waals surface area contributed by atoms with E-state index >= 15 is 0 Å². The van der Waals surface area contributed by atoms with E-state index in [4.69, 9.17) is 4.74 Å². The highest BCUT2D eigenvalue weighted by molar-refractivity contribution is 5.77. The molecule has 2 saturated carbocycles. The van der Waals surface area contributed by atoms with E-state index in [1.165, 1.54) is 7.11 Å². The fourth-order valence-electron chi connectivity index (χ4n) is 6.01. The summed E-state index contributed by atoms with van der Waals surface area (Å²) < 4.78 is 5.13. The van der Waals surface area contributed by atoms with Crippen molar-refractivity contribution in [1.29, 1.82) is 0 Å². The first-order valence-electron chi connectivity index (χ1n) is 10.2. The lowest BCUT2D eigenvalue weighted by molar-refractivity contribution is -0.187. The maximum atomic E-state index is 12.6. The van der Waals surface area contributed by atoms with E-state index in [-0.39, 0.29) is 47.8 Å². The van der Waals surface area contributed by atoms with Gasteiger partial charge >= 0.3 is 5.97 Å². The molecule has 0 amide bonds. The Morgan fingerprint density at radius 3 is 2.46 bits per heavy atom. The van der Waals surface area contributed by atoms with Crippen molar-refractivity contribution in [2.45, 2.75) is 78.4 Å². The first-order chi connectivity index (χ1) is 12.1. The second-order valence-corrected chi connectivity index (χ2v) is 9.47. The Morgan fingerprint density at radius 2 is 1.92 bits per heavy atom. The maximum absolute atomic E-state index is 12.6. The minimum atomic E-state index is -0.624. The molecule has 0 aromatic carbocycles. The summed E-state index contributed by atoms with van der Waals surface area (Å²) >= 11 is 0. The molecule has 0 aromatic rings. The third-order valence-corrected chi connectivity index (χ3v) is 7.72. The number of rotatable bonds is 6. The molecule has 0 unspecified atom stereocenters. The molecular formula is C21H38O5. The SMILES string of the molecule is COC(=O)[C@]1(C)CCC[C@@]2(C)[C@H]1C[C@@H](O)[C@H](CO)[C@@H]2CC[C@H](O)C(C)C. The van der Waals surface area contributed by atoms with Gasteiger partial charge in [-0.05, 0) is 62.2 Å². The molecule has 7 atom stereocenters. The Bertz CT molecular complexity index is 493. The summed E-state index contributed by atoms with van der Waals surface area (Å²) in [6.07, 6.45) is 3.63. The van der Waals surface area contributed by atoms with Crippen molar-refractivity contribution in [1.82, 2.24) is 0 Å². The highest BCUT2D eigenvalue weighted by atomic mass is 16.5. The first kappa shape index (κ1) is 21.6. The molecule has 5 nitrogen and oxygen atoms in total. The maximum Gasteiger partial charge on any atom is 0.311 e. The Morgan fingerprint density at radius 1 is 1.27 bits per heavy atom. The van der Waals surface area contributed by atoms with Crippen molar-refractivity contribution in [3.05, 3.63) is 0 Å². The van der Waals surface area contributed by atoms with E-state index < -0.39 is 11.5 Å². The fourth-order valence-corrected chi connectivity index (χ4v) is 6.01. The molecule has 2 rings (SSSR count). The highest BCUT2D eigenvalue weighted by Gasteiger charge is 2.60. The molecule has 152 valence electrons. The zero-order chi connectivity index (χ0) is 19.7. The van der Waals surface area contributed by atoms with Crippen molar-refractivity contribution in [2.24, 2.45) is 34.5 Å². The molecule has 2 fully saturated rings. The molecule has 5 heteroatoms. The molecule has 0 aliphatic heterocycles. The average molecular weight is 371 g/mol. The van der Waals surface area contributed by atoms with Crippen LogP contribution in [-0.2, 0) is 9.53 Å². The number of methoxy groups -OCH3 is 1. The third kappa shape index (κ3) is 3.67. The van der Waals surface area contributed by atoms with Gasteiger partial charge in [0.15, 0.2) is 0 Å². The molecule has 26 heavy (non-hydrogen) atoms. The van der Waals surface area contributed by atoms with Crippen LogP contribution in [0.2, 0.25) is 0 Å². The van der Waals surface area contributed by atoms with Crippen LogP contribution in [-0.4, -0.2) is 47.2 Å². The van der Waals surface area contributed by atoms with E-state index in [0.717, 1.165) is 25.7 Å². The molecule has 3 N–H and O–H groups in total. The Kier molecular flexibility index (Phi) is 6.79. The van der Waals surface area contributed by atoms with Gasteiger partial charge in [0, 0.05) is 12.5 Å². The minimum Gasteiger partial charge on any atom is -0.469 e. The largest absolute Gasteiger partial charge is 0.469 e. The number of esters is 1. The van der Waals surface area contributed by atoms with Crippen LogP contribution in [0.1, 0.15) is 66.2 Å². The summed E-state index contributed by atoms with van der Waals surface area (Å²) in [5.41, 5.74) is -0.747. The summed E-state index contributed by atoms with van der Waals surface area (Å²) in [5, 5.41) is 31.1. The molecule has 0 bridgehead atoms. The Hall–Kier alpha value is -0.650. The second-order valence-electron chi connectivity index (χ2n) is 9.47. The van der Waals surface area contributed by atoms with Gasteiger partial charge in [0.25, 0.3) is 0 Å². The predicted octanol–water partition coefficient (Wildman–Crippen LogP) is 2.76. The van der Waals surface area contributed by atoms with Crippen molar-refractivity contribution < 1.29 is 24.9 Å². The van der Waals surface area contributed by atoms with Crippen LogP contribution < -0.4 is 0 Å². The van der Waals surface area contributed by atoms with Crippen LogP contribution in [0.5, 0.6) is 0 Å². The average Bonchev–Trinajstić information content (AvgIpc) is 2.59. The second kappa shape index (κ2) is 8.15. The number of fused-ring (bicyclic) bond motifs is 1. The smallest absolute Gasteiger partial charge is 0.311 e. The van der Waals surface area contributed by atoms with Crippen LogP contribution in [0.25, 0.3) is 0 Å². The Labute approximate surface area is 158 Å². The summed E-state index contributed by atoms with van der Waals surface area (Å²) in [4.78, 5) is 12.6. The monoisotopic (exact) mass is 370 g/mol. The molecule has 2 aliphatic rings. The summed E-state index contributed by atoms with van der Waals surface area (Å²) in [5.74, 6) is -0.0971. The van der Waals surface area contributed by atoms with Crippen LogP contribution in [0.15, 0.2) is 0 Å². The molecule has 0 aromatic heterocycles. The minimum absolute atomic E-state index is 0.0233. The van der Waals surface area contributed by atoms with Gasteiger partial charge in [0.05, 0.1) is 24.7 Å². The van der Waals surface area contributed by atoms with Gasteiger partial charge in [0.2, 0.25) is 0 Å². The fraction of sp³-hybridized carbons (Fsp3) is 0.952. The number of aliphatic hydroxyl groups excluding tert-OH is 3. The quantitative estimate of drug-likeness (QED) is 0.626. The first-order valence-corrected chi connectivity index (χ1v) is 10.2. The van der Waals surface area contributed by atoms with Gasteiger partial charge in [-0.2, -0.15) is 0 Å². The van der Waals surface area contributed by atoms with Crippen molar-refractivity contribution >= 4 is 5.97 Å². The van der Waals surface area contributed by atoms with Crippen LogP contribution >= 0.6 is 0 Å². The van der Waals surface area contributed by atoms with Crippen molar-refractivity contribution in [3.63, 3.8) is 0 Å². The number of aliphatic hydroxyl groups is 3. The number of carbonyl (C=O) groups excluding carboxylic acids is 1. The van der Waals surface area contributed by atoms with Gasteiger partial charge in [-0.25, -0.2) is 0 Å². The van der Waals surface area contributed by atoms with E-state index in [1.54, 1.807) is 0 Å². The van der Waals surface area contributed by atoms with Crippen molar-refractivity contribution in [3.8, 4) is 0 Å². The number of hydrogen-bond donors (Lipinski definition) is 3. The topological polar surface area (TPSA) is 87.0 Å². The molecule has 2 aliphatic carbocycles. The standard InChI is InChI=1S/C21H38O5/c1-13(2)16(23)8-7-15-14(12-22)17(24)11-18-20(15,3)9-6-10-21(18,4)19(25)26-5/h13-18,22-24H,6-12H2,1-5H3/t14-,15+,16+,17-,18-,20-,21-/m1/s1. The summed E-state index contributed by atoms with van der Waals surface area (Å²) in [7, 11) is 1.44. The van der Waals surface area contributed by atoms with Gasteiger partial charge in [-0.1, -0.05) is 27.2 Å². The van der Waals surface area contributed by atoms with Gasteiger partial charge in [0.1, 0.15) is 0 Å². The van der Waals surface area contributed by atoms with Gasteiger partial charge < -0.3 is 20.1 Å². The number of hydrogen-bond acceptors (Lipinski definition) is 5. The number of ether oxygens (including phenoxy) is 1.